The zero-order chi connectivity index (χ0) is 18.5. The predicted molar refractivity (Wildman–Crippen MR) is 100 cm³/mol. The number of halogens is 2. The van der Waals surface area contributed by atoms with Crippen molar-refractivity contribution in [2.45, 2.75) is 51.9 Å². The molecule has 0 aliphatic heterocycles. The Bertz CT molecular complexity index is 585. The molecule has 0 amide bonds. The molecule has 0 aromatic heterocycles. The smallest absolute Gasteiger partial charge is 0.336 e. The Morgan fingerprint density at radius 1 is 0.960 bits per heavy atom. The Kier molecular flexibility index (Phi) is 11.0. The molecule has 138 valence electrons. The van der Waals surface area contributed by atoms with E-state index in [1.54, 1.807) is 6.07 Å². The van der Waals surface area contributed by atoms with Gasteiger partial charge < -0.3 is 9.47 Å². The van der Waals surface area contributed by atoms with Crippen LogP contribution in [0.15, 0.2) is 30.4 Å². The van der Waals surface area contributed by atoms with E-state index in [-0.39, 0.29) is 10.8 Å². The summed E-state index contributed by atoms with van der Waals surface area (Å²) in [6.07, 6.45) is 10.1. The fourth-order valence-corrected chi connectivity index (χ4v) is 2.56. The molecule has 0 saturated heterocycles. The number of esters is 2. The molecular formula is C19H24Cl2O4. The summed E-state index contributed by atoms with van der Waals surface area (Å²) in [5.74, 6) is -1.10. The fraction of sp³-hybridized carbons (Fsp3) is 0.474. The Hall–Kier alpha value is -1.52. The minimum Gasteiger partial charge on any atom is -0.463 e. The van der Waals surface area contributed by atoms with Crippen LogP contribution in [0.5, 0.6) is 5.75 Å². The van der Waals surface area contributed by atoms with Crippen molar-refractivity contribution in [2.24, 2.45) is 0 Å². The van der Waals surface area contributed by atoms with Crippen LogP contribution < -0.4 is 4.74 Å². The highest BCUT2D eigenvalue weighted by atomic mass is 35.5. The summed E-state index contributed by atoms with van der Waals surface area (Å²) in [5.41, 5.74) is 0. The van der Waals surface area contributed by atoms with Crippen molar-refractivity contribution in [1.29, 1.82) is 0 Å². The van der Waals surface area contributed by atoms with E-state index in [4.69, 9.17) is 32.7 Å². The average molecular weight is 387 g/mol. The van der Waals surface area contributed by atoms with Crippen molar-refractivity contribution in [3.8, 4) is 5.75 Å². The molecule has 0 saturated carbocycles. The number of ether oxygens (including phenoxy) is 2. The number of hydrogen-bond donors (Lipinski definition) is 0. The number of rotatable bonds is 11. The molecule has 0 atom stereocenters. The third-order valence-electron chi connectivity index (χ3n) is 3.45. The van der Waals surface area contributed by atoms with Crippen LogP contribution in [0.2, 0.25) is 10.0 Å². The molecule has 0 aliphatic carbocycles. The van der Waals surface area contributed by atoms with Gasteiger partial charge in [-0.3, -0.25) is 0 Å². The molecule has 1 rings (SSSR count). The van der Waals surface area contributed by atoms with Gasteiger partial charge in [-0.25, -0.2) is 9.59 Å². The highest BCUT2D eigenvalue weighted by molar-refractivity contribution is 6.35. The molecular weight excluding hydrogens is 363 g/mol. The number of benzene rings is 1. The maximum absolute atomic E-state index is 11.6. The Balaban J connectivity index is 2.19. The first-order valence-corrected chi connectivity index (χ1v) is 9.30. The minimum absolute atomic E-state index is 0.178. The molecule has 25 heavy (non-hydrogen) atoms. The Morgan fingerprint density at radius 3 is 2.28 bits per heavy atom. The van der Waals surface area contributed by atoms with E-state index < -0.39 is 11.9 Å². The van der Waals surface area contributed by atoms with E-state index >= 15 is 0 Å². The predicted octanol–water partition coefficient (Wildman–Crippen LogP) is 5.75. The fourth-order valence-electron chi connectivity index (χ4n) is 2.12. The van der Waals surface area contributed by atoms with Crippen molar-refractivity contribution in [3.05, 3.63) is 40.4 Å². The van der Waals surface area contributed by atoms with E-state index in [1.165, 1.54) is 37.8 Å². The molecule has 1 aromatic rings. The largest absolute Gasteiger partial charge is 0.463 e. The normalized spacial score (nSPS) is 10.8. The zero-order valence-electron chi connectivity index (χ0n) is 14.4. The third kappa shape index (κ3) is 10.1. The molecule has 0 bridgehead atoms. The van der Waals surface area contributed by atoms with Gasteiger partial charge in [-0.1, -0.05) is 68.7 Å². The Morgan fingerprint density at radius 2 is 1.60 bits per heavy atom. The molecule has 0 fully saturated rings. The van der Waals surface area contributed by atoms with E-state index in [2.05, 4.69) is 6.92 Å². The van der Waals surface area contributed by atoms with Crippen molar-refractivity contribution < 1.29 is 19.1 Å². The molecule has 0 unspecified atom stereocenters. The van der Waals surface area contributed by atoms with Crippen molar-refractivity contribution in [3.63, 3.8) is 0 Å². The summed E-state index contributed by atoms with van der Waals surface area (Å²) in [5, 5.41) is 0.657. The monoisotopic (exact) mass is 386 g/mol. The Labute approximate surface area is 159 Å². The SMILES string of the molecule is CCCCCCCCCOC(=O)/C=C/C(=O)Oc1ccc(Cl)cc1Cl. The molecule has 0 radical (unpaired) electrons. The molecule has 4 nitrogen and oxygen atoms in total. The van der Waals surface area contributed by atoms with Gasteiger partial charge in [-0.05, 0) is 24.6 Å². The number of unbranched alkanes of at least 4 members (excludes halogenated alkanes) is 6. The topological polar surface area (TPSA) is 52.6 Å². The number of hydrogen-bond acceptors (Lipinski definition) is 4. The van der Waals surface area contributed by atoms with E-state index in [9.17, 15) is 9.59 Å². The van der Waals surface area contributed by atoms with Crippen LogP contribution in [0, 0.1) is 0 Å². The summed E-state index contributed by atoms with van der Waals surface area (Å²) in [6.45, 7) is 2.54. The lowest BCUT2D eigenvalue weighted by molar-refractivity contribution is -0.138. The van der Waals surface area contributed by atoms with Gasteiger partial charge in [-0.2, -0.15) is 0 Å². The van der Waals surface area contributed by atoms with Crippen LogP contribution in [0.25, 0.3) is 0 Å². The second-order valence-electron chi connectivity index (χ2n) is 5.62. The van der Waals surface area contributed by atoms with Crippen molar-refractivity contribution in [2.75, 3.05) is 6.61 Å². The van der Waals surface area contributed by atoms with Crippen LogP contribution in [0.3, 0.4) is 0 Å². The summed E-state index contributed by atoms with van der Waals surface area (Å²) in [4.78, 5) is 23.2. The van der Waals surface area contributed by atoms with Crippen LogP contribution in [0.4, 0.5) is 0 Å². The maximum atomic E-state index is 11.6. The highest BCUT2D eigenvalue weighted by Crippen LogP contribution is 2.27. The molecule has 0 heterocycles. The number of carbonyl (C=O) groups excluding carboxylic acids is 2. The quantitative estimate of drug-likeness (QED) is 0.210. The molecule has 0 spiro atoms. The van der Waals surface area contributed by atoms with Crippen LogP contribution in [-0.2, 0) is 14.3 Å². The van der Waals surface area contributed by atoms with E-state index in [1.807, 2.05) is 0 Å². The first-order chi connectivity index (χ1) is 12.0. The maximum Gasteiger partial charge on any atom is 0.336 e. The average Bonchev–Trinajstić information content (AvgIpc) is 2.58. The van der Waals surface area contributed by atoms with E-state index in [0.717, 1.165) is 31.4 Å². The third-order valence-corrected chi connectivity index (χ3v) is 3.98. The summed E-state index contributed by atoms with van der Waals surface area (Å²) >= 11 is 11.7. The van der Waals surface area contributed by atoms with E-state index in [0.29, 0.717) is 11.6 Å². The van der Waals surface area contributed by atoms with Gasteiger partial charge in [0.2, 0.25) is 0 Å². The first kappa shape index (κ1) is 21.5. The van der Waals surface area contributed by atoms with Gasteiger partial charge in [0.05, 0.1) is 11.6 Å². The van der Waals surface area contributed by atoms with Crippen LogP contribution in [0.1, 0.15) is 51.9 Å². The molecule has 1 aromatic carbocycles. The van der Waals surface area contributed by atoms with Gasteiger partial charge in [0.15, 0.2) is 0 Å². The van der Waals surface area contributed by atoms with Gasteiger partial charge in [0.1, 0.15) is 5.75 Å². The molecule has 0 N–H and O–H groups in total. The summed E-state index contributed by atoms with van der Waals surface area (Å²) in [7, 11) is 0. The van der Waals surface area contributed by atoms with Gasteiger partial charge >= 0.3 is 11.9 Å². The van der Waals surface area contributed by atoms with Crippen molar-refractivity contribution in [1.82, 2.24) is 0 Å². The molecule has 6 heteroatoms. The van der Waals surface area contributed by atoms with Crippen LogP contribution >= 0.6 is 23.2 Å². The second kappa shape index (κ2) is 12.8. The summed E-state index contributed by atoms with van der Waals surface area (Å²) < 4.78 is 10.0. The first-order valence-electron chi connectivity index (χ1n) is 8.54. The lowest BCUT2D eigenvalue weighted by atomic mass is 10.1. The van der Waals surface area contributed by atoms with Gasteiger partial charge in [-0.15, -0.1) is 0 Å². The van der Waals surface area contributed by atoms with Crippen molar-refractivity contribution >= 4 is 35.1 Å². The van der Waals surface area contributed by atoms with Gasteiger partial charge in [0.25, 0.3) is 0 Å². The minimum atomic E-state index is -0.711. The van der Waals surface area contributed by atoms with Crippen LogP contribution in [-0.4, -0.2) is 18.5 Å². The second-order valence-corrected chi connectivity index (χ2v) is 6.46. The molecule has 0 aliphatic rings. The highest BCUT2D eigenvalue weighted by Gasteiger charge is 2.07. The standard InChI is InChI=1S/C19H24Cl2O4/c1-2-3-4-5-6-7-8-13-24-18(22)11-12-19(23)25-17-10-9-15(20)14-16(17)21/h9-12,14H,2-8,13H2,1H3/b12-11+. The lowest BCUT2D eigenvalue weighted by Gasteiger charge is -2.04. The lowest BCUT2D eigenvalue weighted by Crippen LogP contribution is -2.07. The zero-order valence-corrected chi connectivity index (χ0v) is 15.9. The van der Waals surface area contributed by atoms with Gasteiger partial charge in [0, 0.05) is 17.2 Å². The number of carbonyl (C=O) groups is 2. The summed E-state index contributed by atoms with van der Waals surface area (Å²) in [6, 6.07) is 4.50.